The fourth-order valence-electron chi connectivity index (χ4n) is 2.12. The van der Waals surface area contributed by atoms with Crippen LogP contribution >= 0.6 is 11.6 Å². The molecule has 4 nitrogen and oxygen atoms in total. The molecule has 0 saturated heterocycles. The van der Waals surface area contributed by atoms with Crippen LogP contribution in [0.5, 0.6) is 5.88 Å². The van der Waals surface area contributed by atoms with Crippen LogP contribution in [0.3, 0.4) is 0 Å². The fourth-order valence-corrected chi connectivity index (χ4v) is 2.26. The summed E-state index contributed by atoms with van der Waals surface area (Å²) in [5.74, 6) is -0.0533. The summed E-state index contributed by atoms with van der Waals surface area (Å²) in [5.41, 5.74) is 0.0448. The first-order chi connectivity index (χ1) is 9.08. The van der Waals surface area contributed by atoms with Gasteiger partial charge in [0, 0.05) is 0 Å². The second-order valence-corrected chi connectivity index (χ2v) is 5.17. The molecule has 5 heteroatoms. The number of aromatic nitrogens is 1. The van der Waals surface area contributed by atoms with Crippen molar-refractivity contribution in [1.82, 2.24) is 4.98 Å². The van der Waals surface area contributed by atoms with Crippen molar-refractivity contribution in [1.29, 1.82) is 0 Å². The van der Waals surface area contributed by atoms with Crippen LogP contribution in [0.15, 0.2) is 24.3 Å². The number of aromatic carboxylic acids is 1. The molecule has 1 N–H and O–H groups in total. The van der Waals surface area contributed by atoms with Crippen molar-refractivity contribution in [2.45, 2.75) is 19.8 Å². The molecule has 0 radical (unpaired) electrons. The molecule has 1 aliphatic carbocycles. The molecule has 0 bridgehead atoms. The largest absolute Gasteiger partial charge is 0.477 e. The highest BCUT2D eigenvalue weighted by molar-refractivity contribution is 6.29. The molecule has 0 amide bonds. The zero-order chi connectivity index (χ0) is 13.8. The van der Waals surface area contributed by atoms with Gasteiger partial charge < -0.3 is 9.84 Å². The van der Waals surface area contributed by atoms with E-state index in [2.05, 4.69) is 24.1 Å². The van der Waals surface area contributed by atoms with Crippen LogP contribution in [0.2, 0.25) is 5.15 Å². The smallest absolute Gasteiger partial charge is 0.341 e. The number of halogens is 1. The van der Waals surface area contributed by atoms with Crippen LogP contribution in [-0.4, -0.2) is 22.7 Å². The van der Waals surface area contributed by atoms with Crippen LogP contribution in [0.25, 0.3) is 0 Å². The van der Waals surface area contributed by atoms with E-state index in [9.17, 15) is 4.79 Å². The van der Waals surface area contributed by atoms with Gasteiger partial charge in [0.1, 0.15) is 10.7 Å². The molecule has 0 spiro atoms. The van der Waals surface area contributed by atoms with Gasteiger partial charge in [0.05, 0.1) is 6.61 Å². The number of carboxylic acids is 1. The Balaban J connectivity index is 2.08. The van der Waals surface area contributed by atoms with Crippen molar-refractivity contribution in [3.05, 3.63) is 35.0 Å². The van der Waals surface area contributed by atoms with Crippen molar-refractivity contribution in [3.63, 3.8) is 0 Å². The molecule has 0 aromatic carbocycles. The summed E-state index contributed by atoms with van der Waals surface area (Å²) in [7, 11) is 0. The molecular formula is C14H16ClNO3. The van der Waals surface area contributed by atoms with Gasteiger partial charge in [-0.3, -0.25) is 0 Å². The Morgan fingerprint density at radius 1 is 1.47 bits per heavy atom. The highest BCUT2D eigenvalue weighted by atomic mass is 35.5. The zero-order valence-electron chi connectivity index (χ0n) is 10.7. The summed E-state index contributed by atoms with van der Waals surface area (Å²) in [6, 6.07) is 2.86. The molecule has 0 fully saturated rings. The van der Waals surface area contributed by atoms with E-state index in [1.165, 1.54) is 12.1 Å². The summed E-state index contributed by atoms with van der Waals surface area (Å²) in [6.07, 6.45) is 6.28. The van der Waals surface area contributed by atoms with Crippen molar-refractivity contribution in [2.24, 2.45) is 11.8 Å². The molecule has 1 heterocycles. The van der Waals surface area contributed by atoms with Crippen LogP contribution in [0.1, 0.15) is 30.1 Å². The zero-order valence-corrected chi connectivity index (χ0v) is 11.4. The van der Waals surface area contributed by atoms with Crippen LogP contribution in [0.4, 0.5) is 0 Å². The molecule has 0 aliphatic heterocycles. The minimum Gasteiger partial charge on any atom is -0.477 e. The topological polar surface area (TPSA) is 59.4 Å². The summed E-state index contributed by atoms with van der Waals surface area (Å²) >= 11 is 5.78. The van der Waals surface area contributed by atoms with Crippen molar-refractivity contribution >= 4 is 17.6 Å². The van der Waals surface area contributed by atoms with Gasteiger partial charge in [-0.05, 0) is 36.8 Å². The molecule has 0 saturated carbocycles. The number of hydrogen-bond donors (Lipinski definition) is 1. The minimum absolute atomic E-state index is 0.0448. The number of nitrogens with zero attached hydrogens (tertiary/aromatic N) is 1. The second kappa shape index (κ2) is 6.06. The second-order valence-electron chi connectivity index (χ2n) is 4.78. The molecular weight excluding hydrogens is 266 g/mol. The lowest BCUT2D eigenvalue weighted by atomic mass is 9.85. The Morgan fingerprint density at radius 2 is 2.21 bits per heavy atom. The Bertz CT molecular complexity index is 501. The summed E-state index contributed by atoms with van der Waals surface area (Å²) in [4.78, 5) is 15.0. The Morgan fingerprint density at radius 3 is 2.89 bits per heavy atom. The molecule has 2 atom stereocenters. The lowest BCUT2D eigenvalue weighted by molar-refractivity contribution is 0.0689. The summed E-state index contributed by atoms with van der Waals surface area (Å²) < 4.78 is 5.58. The molecule has 19 heavy (non-hydrogen) atoms. The molecule has 102 valence electrons. The van der Waals surface area contributed by atoms with E-state index in [0.717, 1.165) is 12.8 Å². The van der Waals surface area contributed by atoms with Gasteiger partial charge in [-0.2, -0.15) is 0 Å². The van der Waals surface area contributed by atoms with Gasteiger partial charge in [0.15, 0.2) is 0 Å². The monoisotopic (exact) mass is 281 g/mol. The number of pyridine rings is 1. The third-order valence-electron chi connectivity index (χ3n) is 3.41. The summed E-state index contributed by atoms with van der Waals surface area (Å²) in [5, 5.41) is 9.30. The standard InChI is InChI=1S/C14H16ClNO3/c1-9-4-2-3-5-10(9)8-19-13-11(14(17)18)6-7-12(15)16-13/h2-3,6-7,9-10H,4-5,8H2,1H3,(H,17,18). The average molecular weight is 282 g/mol. The van der Waals surface area contributed by atoms with Gasteiger partial charge in [0.2, 0.25) is 5.88 Å². The predicted molar refractivity (Wildman–Crippen MR) is 72.7 cm³/mol. The Labute approximate surface area is 117 Å². The van der Waals surface area contributed by atoms with E-state index in [-0.39, 0.29) is 16.6 Å². The van der Waals surface area contributed by atoms with Crippen molar-refractivity contribution in [3.8, 4) is 5.88 Å². The van der Waals surface area contributed by atoms with E-state index in [0.29, 0.717) is 18.4 Å². The van der Waals surface area contributed by atoms with E-state index >= 15 is 0 Å². The van der Waals surface area contributed by atoms with Crippen molar-refractivity contribution < 1.29 is 14.6 Å². The molecule has 1 aromatic heterocycles. The van der Waals surface area contributed by atoms with Crippen LogP contribution < -0.4 is 4.74 Å². The first kappa shape index (κ1) is 13.9. The number of carboxylic acid groups (broad SMARTS) is 1. The summed E-state index contributed by atoms with van der Waals surface area (Å²) in [6.45, 7) is 2.63. The van der Waals surface area contributed by atoms with Crippen LogP contribution in [0, 0.1) is 11.8 Å². The van der Waals surface area contributed by atoms with E-state index < -0.39 is 5.97 Å². The molecule has 2 unspecified atom stereocenters. The lowest BCUT2D eigenvalue weighted by Crippen LogP contribution is -2.22. The average Bonchev–Trinajstić information content (AvgIpc) is 2.37. The fraction of sp³-hybridized carbons (Fsp3) is 0.429. The maximum absolute atomic E-state index is 11.1. The SMILES string of the molecule is CC1CC=CCC1COc1nc(Cl)ccc1C(=O)O. The Hall–Kier alpha value is -1.55. The maximum atomic E-state index is 11.1. The molecule has 1 aromatic rings. The highest BCUT2D eigenvalue weighted by Crippen LogP contribution is 2.27. The first-order valence-corrected chi connectivity index (χ1v) is 6.63. The number of rotatable bonds is 4. The van der Waals surface area contributed by atoms with Gasteiger partial charge in [0.25, 0.3) is 0 Å². The quantitative estimate of drug-likeness (QED) is 0.679. The highest BCUT2D eigenvalue weighted by Gasteiger charge is 2.21. The van der Waals surface area contributed by atoms with E-state index in [1.54, 1.807) is 0 Å². The third-order valence-corrected chi connectivity index (χ3v) is 3.62. The third kappa shape index (κ3) is 3.47. The van der Waals surface area contributed by atoms with Crippen LogP contribution in [-0.2, 0) is 0 Å². The molecule has 2 rings (SSSR count). The van der Waals surface area contributed by atoms with E-state index in [4.69, 9.17) is 21.4 Å². The number of allylic oxidation sites excluding steroid dienone is 2. The van der Waals surface area contributed by atoms with Gasteiger partial charge >= 0.3 is 5.97 Å². The normalized spacial score (nSPS) is 22.2. The minimum atomic E-state index is -1.06. The van der Waals surface area contributed by atoms with Crippen molar-refractivity contribution in [2.75, 3.05) is 6.61 Å². The number of hydrogen-bond acceptors (Lipinski definition) is 3. The Kier molecular flexibility index (Phi) is 4.43. The lowest BCUT2D eigenvalue weighted by Gasteiger charge is -2.25. The molecule has 1 aliphatic rings. The van der Waals surface area contributed by atoms with Gasteiger partial charge in [-0.15, -0.1) is 0 Å². The number of ether oxygens (including phenoxy) is 1. The predicted octanol–water partition coefficient (Wildman–Crippen LogP) is 3.41. The van der Waals surface area contributed by atoms with E-state index in [1.807, 2.05) is 0 Å². The first-order valence-electron chi connectivity index (χ1n) is 6.25. The maximum Gasteiger partial charge on any atom is 0.341 e. The number of carbonyl (C=O) groups is 1. The van der Waals surface area contributed by atoms with Gasteiger partial charge in [-0.25, -0.2) is 9.78 Å². The van der Waals surface area contributed by atoms with Gasteiger partial charge in [-0.1, -0.05) is 30.7 Å².